The molecular formula is C13H15NO3S. The smallest absolute Gasteiger partial charge is 0.135 e. The standard InChI is InChI=1S/C13H15NO3S/c1-8-14-10(7-18-8)13-11(16-3)5-9(15-2)6-12(13)17-4/h5-7H,1-4H3. The molecule has 5 heteroatoms. The largest absolute Gasteiger partial charge is 0.496 e. The zero-order chi connectivity index (χ0) is 13.1. The Labute approximate surface area is 110 Å². The molecule has 2 aromatic rings. The van der Waals surface area contributed by atoms with E-state index in [4.69, 9.17) is 14.2 Å². The number of ether oxygens (including phenoxy) is 3. The van der Waals surface area contributed by atoms with Gasteiger partial charge in [-0.25, -0.2) is 4.98 Å². The molecule has 4 nitrogen and oxygen atoms in total. The van der Waals surface area contributed by atoms with Gasteiger partial charge in [-0.1, -0.05) is 0 Å². The van der Waals surface area contributed by atoms with Crippen LogP contribution in [-0.2, 0) is 0 Å². The third-order valence-corrected chi connectivity index (χ3v) is 3.36. The fraction of sp³-hybridized carbons (Fsp3) is 0.308. The summed E-state index contributed by atoms with van der Waals surface area (Å²) in [6, 6.07) is 3.65. The minimum absolute atomic E-state index is 0.691. The Morgan fingerprint density at radius 3 is 2.00 bits per heavy atom. The number of methoxy groups -OCH3 is 3. The fourth-order valence-electron chi connectivity index (χ4n) is 1.74. The number of thiazole rings is 1. The molecule has 0 bridgehead atoms. The van der Waals surface area contributed by atoms with Crippen molar-refractivity contribution in [1.82, 2.24) is 4.98 Å². The van der Waals surface area contributed by atoms with E-state index < -0.39 is 0 Å². The van der Waals surface area contributed by atoms with Crippen LogP contribution in [0.2, 0.25) is 0 Å². The van der Waals surface area contributed by atoms with Crippen molar-refractivity contribution < 1.29 is 14.2 Å². The number of benzene rings is 1. The second kappa shape index (κ2) is 5.27. The van der Waals surface area contributed by atoms with Gasteiger partial charge in [0.2, 0.25) is 0 Å². The van der Waals surface area contributed by atoms with E-state index in [9.17, 15) is 0 Å². The molecule has 0 spiro atoms. The van der Waals surface area contributed by atoms with Crippen LogP contribution in [0.1, 0.15) is 5.01 Å². The summed E-state index contributed by atoms with van der Waals surface area (Å²) in [5.74, 6) is 2.08. The van der Waals surface area contributed by atoms with E-state index in [1.54, 1.807) is 32.7 Å². The average molecular weight is 265 g/mol. The van der Waals surface area contributed by atoms with Gasteiger partial charge in [0.25, 0.3) is 0 Å². The van der Waals surface area contributed by atoms with E-state index in [1.165, 1.54) is 0 Å². The van der Waals surface area contributed by atoms with Gasteiger partial charge >= 0.3 is 0 Å². The highest BCUT2D eigenvalue weighted by Crippen LogP contribution is 2.41. The summed E-state index contributed by atoms with van der Waals surface area (Å²) < 4.78 is 16.0. The molecule has 0 fully saturated rings. The van der Waals surface area contributed by atoms with Crippen LogP contribution in [-0.4, -0.2) is 26.3 Å². The Hall–Kier alpha value is -1.75. The quantitative estimate of drug-likeness (QED) is 0.851. The first kappa shape index (κ1) is 12.7. The third kappa shape index (κ3) is 2.26. The number of rotatable bonds is 4. The highest BCUT2D eigenvalue weighted by atomic mass is 32.1. The summed E-state index contributed by atoms with van der Waals surface area (Å²) in [7, 11) is 4.86. The molecular weight excluding hydrogens is 250 g/mol. The maximum Gasteiger partial charge on any atom is 0.135 e. The molecule has 0 aliphatic rings. The van der Waals surface area contributed by atoms with Crippen molar-refractivity contribution in [3.63, 3.8) is 0 Å². The lowest BCUT2D eigenvalue weighted by Gasteiger charge is -2.13. The Morgan fingerprint density at radius 1 is 1.00 bits per heavy atom. The van der Waals surface area contributed by atoms with E-state index >= 15 is 0 Å². The molecule has 1 heterocycles. The summed E-state index contributed by atoms with van der Waals surface area (Å²) in [6.45, 7) is 1.97. The topological polar surface area (TPSA) is 40.6 Å². The van der Waals surface area contributed by atoms with Crippen molar-refractivity contribution in [2.24, 2.45) is 0 Å². The predicted octanol–water partition coefficient (Wildman–Crippen LogP) is 3.14. The van der Waals surface area contributed by atoms with Gasteiger partial charge in [-0.2, -0.15) is 0 Å². The lowest BCUT2D eigenvalue weighted by Crippen LogP contribution is -1.95. The van der Waals surface area contributed by atoms with Crippen molar-refractivity contribution >= 4 is 11.3 Å². The minimum Gasteiger partial charge on any atom is -0.496 e. The van der Waals surface area contributed by atoms with Crippen LogP contribution in [0.15, 0.2) is 17.5 Å². The highest BCUT2D eigenvalue weighted by molar-refractivity contribution is 7.09. The molecule has 0 radical (unpaired) electrons. The molecule has 0 unspecified atom stereocenters. The van der Waals surface area contributed by atoms with Gasteiger partial charge in [0.15, 0.2) is 0 Å². The van der Waals surface area contributed by atoms with Crippen LogP contribution in [0, 0.1) is 6.92 Å². The number of nitrogens with zero attached hydrogens (tertiary/aromatic N) is 1. The zero-order valence-corrected chi connectivity index (χ0v) is 11.6. The van der Waals surface area contributed by atoms with Gasteiger partial charge < -0.3 is 14.2 Å². The molecule has 0 atom stereocenters. The molecule has 96 valence electrons. The van der Waals surface area contributed by atoms with Crippen LogP contribution < -0.4 is 14.2 Å². The molecule has 0 saturated carbocycles. The molecule has 0 aliphatic heterocycles. The molecule has 0 saturated heterocycles. The Bertz CT molecular complexity index is 526. The lowest BCUT2D eigenvalue weighted by molar-refractivity contribution is 0.377. The van der Waals surface area contributed by atoms with Crippen LogP contribution >= 0.6 is 11.3 Å². The van der Waals surface area contributed by atoms with Gasteiger partial charge in [0.05, 0.1) is 37.6 Å². The van der Waals surface area contributed by atoms with Crippen molar-refractivity contribution in [3.8, 4) is 28.5 Å². The zero-order valence-electron chi connectivity index (χ0n) is 10.8. The van der Waals surface area contributed by atoms with Gasteiger partial charge in [0, 0.05) is 17.5 Å². The van der Waals surface area contributed by atoms with E-state index in [0.717, 1.165) is 16.3 Å². The fourth-order valence-corrected chi connectivity index (χ4v) is 2.34. The van der Waals surface area contributed by atoms with Crippen molar-refractivity contribution in [2.75, 3.05) is 21.3 Å². The summed E-state index contributed by atoms with van der Waals surface area (Å²) in [5, 5.41) is 2.99. The average Bonchev–Trinajstić information content (AvgIpc) is 2.83. The van der Waals surface area contributed by atoms with Gasteiger partial charge in [-0.3, -0.25) is 0 Å². The molecule has 1 aromatic heterocycles. The van der Waals surface area contributed by atoms with E-state index in [-0.39, 0.29) is 0 Å². The molecule has 0 aliphatic carbocycles. The van der Waals surface area contributed by atoms with Gasteiger partial charge in [0.1, 0.15) is 17.2 Å². The van der Waals surface area contributed by atoms with Crippen molar-refractivity contribution in [1.29, 1.82) is 0 Å². The van der Waals surface area contributed by atoms with Gasteiger partial charge in [-0.05, 0) is 6.92 Å². The second-order valence-corrected chi connectivity index (χ2v) is 4.72. The number of hydrogen-bond acceptors (Lipinski definition) is 5. The third-order valence-electron chi connectivity index (χ3n) is 2.59. The van der Waals surface area contributed by atoms with Crippen LogP contribution in [0.4, 0.5) is 0 Å². The number of aromatic nitrogens is 1. The SMILES string of the molecule is COc1cc(OC)c(-c2csc(C)n2)c(OC)c1. The van der Waals surface area contributed by atoms with E-state index in [1.807, 2.05) is 24.4 Å². The Morgan fingerprint density at radius 2 is 1.61 bits per heavy atom. The number of hydrogen-bond donors (Lipinski definition) is 0. The number of aryl methyl sites for hydroxylation is 1. The first-order chi connectivity index (χ1) is 8.69. The van der Waals surface area contributed by atoms with Gasteiger partial charge in [-0.15, -0.1) is 11.3 Å². The molecule has 2 rings (SSSR count). The first-order valence-electron chi connectivity index (χ1n) is 5.42. The summed E-state index contributed by atoms with van der Waals surface area (Å²) in [6.07, 6.45) is 0. The van der Waals surface area contributed by atoms with E-state index in [2.05, 4.69) is 4.98 Å². The minimum atomic E-state index is 0.691. The Kier molecular flexibility index (Phi) is 3.72. The molecule has 0 amide bonds. The van der Waals surface area contributed by atoms with Crippen LogP contribution in [0.3, 0.4) is 0 Å². The van der Waals surface area contributed by atoms with Crippen molar-refractivity contribution in [3.05, 3.63) is 22.5 Å². The maximum absolute atomic E-state index is 5.40. The maximum atomic E-state index is 5.40. The lowest BCUT2D eigenvalue weighted by atomic mass is 10.1. The summed E-state index contributed by atoms with van der Waals surface area (Å²) in [4.78, 5) is 4.47. The normalized spacial score (nSPS) is 10.2. The summed E-state index contributed by atoms with van der Waals surface area (Å²) in [5.41, 5.74) is 1.71. The monoisotopic (exact) mass is 265 g/mol. The Balaban J connectivity index is 2.63. The summed E-state index contributed by atoms with van der Waals surface area (Å²) >= 11 is 1.59. The predicted molar refractivity (Wildman–Crippen MR) is 71.9 cm³/mol. The van der Waals surface area contributed by atoms with Crippen molar-refractivity contribution in [2.45, 2.75) is 6.92 Å². The van der Waals surface area contributed by atoms with Crippen LogP contribution in [0.25, 0.3) is 11.3 Å². The molecule has 0 N–H and O–H groups in total. The second-order valence-electron chi connectivity index (χ2n) is 3.66. The first-order valence-corrected chi connectivity index (χ1v) is 6.30. The van der Waals surface area contributed by atoms with Crippen LogP contribution in [0.5, 0.6) is 17.2 Å². The molecule has 18 heavy (non-hydrogen) atoms. The highest BCUT2D eigenvalue weighted by Gasteiger charge is 2.17. The molecule has 1 aromatic carbocycles. The van der Waals surface area contributed by atoms with E-state index in [0.29, 0.717) is 17.2 Å².